The Labute approximate surface area is 111 Å². The highest BCUT2D eigenvalue weighted by atomic mass is 16.3. The zero-order chi connectivity index (χ0) is 12.4. The molecule has 0 aromatic rings. The Morgan fingerprint density at radius 2 is 2.00 bits per heavy atom. The Morgan fingerprint density at radius 3 is 2.83 bits per heavy atom. The van der Waals surface area contributed by atoms with Gasteiger partial charge in [-0.25, -0.2) is 0 Å². The Bertz CT molecular complexity index is 278. The molecule has 3 nitrogen and oxygen atoms in total. The number of hydrogen-bond acceptors (Lipinski definition) is 3. The molecule has 0 aromatic carbocycles. The lowest BCUT2D eigenvalue weighted by Gasteiger charge is -2.48. The summed E-state index contributed by atoms with van der Waals surface area (Å²) in [6.07, 6.45) is 9.92. The summed E-state index contributed by atoms with van der Waals surface area (Å²) < 4.78 is 0. The van der Waals surface area contributed by atoms with E-state index < -0.39 is 0 Å². The van der Waals surface area contributed by atoms with E-state index in [1.807, 2.05) is 0 Å². The highest BCUT2D eigenvalue weighted by Crippen LogP contribution is 2.39. The zero-order valence-corrected chi connectivity index (χ0v) is 11.5. The summed E-state index contributed by atoms with van der Waals surface area (Å²) in [6.45, 7) is 4.64. The van der Waals surface area contributed by atoms with E-state index in [2.05, 4.69) is 10.2 Å². The Kier molecular flexibility index (Phi) is 3.92. The lowest BCUT2D eigenvalue weighted by atomic mass is 9.71. The number of nitrogens with one attached hydrogen (secondary N) is 1. The van der Waals surface area contributed by atoms with Gasteiger partial charge in [-0.05, 0) is 38.6 Å². The van der Waals surface area contributed by atoms with Crippen LogP contribution in [0.3, 0.4) is 0 Å². The first-order valence-corrected chi connectivity index (χ1v) is 7.94. The van der Waals surface area contributed by atoms with E-state index in [1.54, 1.807) is 0 Å². The Morgan fingerprint density at radius 1 is 1.11 bits per heavy atom. The molecule has 3 atom stereocenters. The molecule has 2 aliphatic heterocycles. The van der Waals surface area contributed by atoms with Crippen molar-refractivity contribution in [1.29, 1.82) is 0 Å². The van der Waals surface area contributed by atoms with Crippen molar-refractivity contribution in [2.24, 2.45) is 5.92 Å². The minimum absolute atomic E-state index is 0.311. The predicted molar refractivity (Wildman–Crippen MR) is 73.6 cm³/mol. The van der Waals surface area contributed by atoms with Crippen LogP contribution in [-0.4, -0.2) is 47.8 Å². The van der Waals surface area contributed by atoms with Crippen molar-refractivity contribution in [3.63, 3.8) is 0 Å². The highest BCUT2D eigenvalue weighted by Gasteiger charge is 2.42. The first kappa shape index (κ1) is 12.9. The van der Waals surface area contributed by atoms with Gasteiger partial charge in [0.1, 0.15) is 0 Å². The van der Waals surface area contributed by atoms with Gasteiger partial charge >= 0.3 is 0 Å². The second kappa shape index (κ2) is 5.48. The van der Waals surface area contributed by atoms with Crippen LogP contribution in [0.4, 0.5) is 0 Å². The second-order valence-electron chi connectivity index (χ2n) is 6.70. The molecule has 0 aromatic heterocycles. The standard InChI is InChI=1S/C15H28N2O/c18-15-7-3-1-5-13(15)11-17(10-8-15)12-14-6-2-4-9-16-14/h13-14,16,18H,1-12H2. The van der Waals surface area contributed by atoms with Gasteiger partial charge in [0.15, 0.2) is 0 Å². The maximum absolute atomic E-state index is 10.7. The first-order chi connectivity index (χ1) is 8.76. The van der Waals surface area contributed by atoms with Crippen LogP contribution in [0.15, 0.2) is 0 Å². The molecule has 0 spiro atoms. The third-order valence-electron chi connectivity index (χ3n) is 5.40. The molecule has 0 amide bonds. The van der Waals surface area contributed by atoms with Crippen molar-refractivity contribution in [2.75, 3.05) is 26.2 Å². The minimum atomic E-state index is -0.311. The van der Waals surface area contributed by atoms with E-state index in [9.17, 15) is 5.11 Å². The summed E-state index contributed by atoms with van der Waals surface area (Å²) in [5.41, 5.74) is -0.311. The van der Waals surface area contributed by atoms with Crippen molar-refractivity contribution >= 4 is 0 Å². The van der Waals surface area contributed by atoms with Crippen LogP contribution in [-0.2, 0) is 0 Å². The average molecular weight is 252 g/mol. The molecule has 3 aliphatic rings. The van der Waals surface area contributed by atoms with Gasteiger partial charge in [0, 0.05) is 31.6 Å². The monoisotopic (exact) mass is 252 g/mol. The molecule has 0 bridgehead atoms. The maximum atomic E-state index is 10.7. The lowest BCUT2D eigenvalue weighted by molar-refractivity contribution is -0.0965. The number of rotatable bonds is 2. The molecule has 0 radical (unpaired) electrons. The molecule has 104 valence electrons. The molecular weight excluding hydrogens is 224 g/mol. The molecule has 3 heteroatoms. The SMILES string of the molecule is OC12CCCCC1CN(CC1CCCCN1)CC2. The number of fused-ring (bicyclic) bond motifs is 1. The van der Waals surface area contributed by atoms with E-state index in [4.69, 9.17) is 0 Å². The average Bonchev–Trinajstić information content (AvgIpc) is 2.40. The second-order valence-corrected chi connectivity index (χ2v) is 6.70. The number of aliphatic hydroxyl groups is 1. The van der Waals surface area contributed by atoms with Gasteiger partial charge in [0.2, 0.25) is 0 Å². The Hall–Kier alpha value is -0.120. The van der Waals surface area contributed by atoms with Gasteiger partial charge < -0.3 is 15.3 Å². The van der Waals surface area contributed by atoms with Gasteiger partial charge in [-0.1, -0.05) is 19.3 Å². The fraction of sp³-hybridized carbons (Fsp3) is 1.00. The number of likely N-dealkylation sites (tertiary alicyclic amines) is 1. The summed E-state index contributed by atoms with van der Waals surface area (Å²) in [6, 6.07) is 0.702. The van der Waals surface area contributed by atoms with E-state index in [1.165, 1.54) is 51.6 Å². The van der Waals surface area contributed by atoms with Gasteiger partial charge in [0.25, 0.3) is 0 Å². The fourth-order valence-electron chi connectivity index (χ4n) is 4.20. The molecule has 3 fully saturated rings. The van der Waals surface area contributed by atoms with E-state index in [0.29, 0.717) is 12.0 Å². The smallest absolute Gasteiger partial charge is 0.0700 e. The fourth-order valence-corrected chi connectivity index (χ4v) is 4.20. The van der Waals surface area contributed by atoms with Gasteiger partial charge in [0.05, 0.1) is 5.60 Å². The summed E-state index contributed by atoms with van der Waals surface area (Å²) in [5, 5.41) is 14.3. The molecule has 1 saturated carbocycles. The van der Waals surface area contributed by atoms with Crippen LogP contribution in [0, 0.1) is 5.92 Å². The third-order valence-corrected chi connectivity index (χ3v) is 5.40. The maximum Gasteiger partial charge on any atom is 0.0700 e. The van der Waals surface area contributed by atoms with Crippen LogP contribution in [0.5, 0.6) is 0 Å². The normalized spacial score (nSPS) is 42.5. The van der Waals surface area contributed by atoms with E-state index >= 15 is 0 Å². The number of piperidine rings is 2. The first-order valence-electron chi connectivity index (χ1n) is 7.94. The van der Waals surface area contributed by atoms with Crippen molar-refractivity contribution in [3.8, 4) is 0 Å². The molecule has 3 rings (SSSR count). The molecular formula is C15H28N2O. The van der Waals surface area contributed by atoms with Gasteiger partial charge in [-0.15, -0.1) is 0 Å². The van der Waals surface area contributed by atoms with Crippen molar-refractivity contribution in [3.05, 3.63) is 0 Å². The zero-order valence-electron chi connectivity index (χ0n) is 11.5. The summed E-state index contributed by atoms with van der Waals surface area (Å²) in [4.78, 5) is 2.60. The lowest BCUT2D eigenvalue weighted by Crippen LogP contribution is -2.55. The number of hydrogen-bond donors (Lipinski definition) is 2. The molecule has 1 aliphatic carbocycles. The van der Waals surface area contributed by atoms with Gasteiger partial charge in [-0.2, -0.15) is 0 Å². The molecule has 18 heavy (non-hydrogen) atoms. The Balaban J connectivity index is 1.53. The van der Waals surface area contributed by atoms with Crippen molar-refractivity contribution < 1.29 is 5.11 Å². The van der Waals surface area contributed by atoms with Crippen LogP contribution in [0.2, 0.25) is 0 Å². The number of nitrogens with zero attached hydrogens (tertiary/aromatic N) is 1. The highest BCUT2D eigenvalue weighted by molar-refractivity contribution is 4.96. The third kappa shape index (κ3) is 2.73. The summed E-state index contributed by atoms with van der Waals surface area (Å²) >= 11 is 0. The van der Waals surface area contributed by atoms with E-state index in [0.717, 1.165) is 25.9 Å². The molecule has 2 heterocycles. The van der Waals surface area contributed by atoms with Crippen LogP contribution >= 0.6 is 0 Å². The largest absolute Gasteiger partial charge is 0.390 e. The topological polar surface area (TPSA) is 35.5 Å². The quantitative estimate of drug-likeness (QED) is 0.786. The van der Waals surface area contributed by atoms with Gasteiger partial charge in [-0.3, -0.25) is 0 Å². The van der Waals surface area contributed by atoms with E-state index in [-0.39, 0.29) is 5.60 Å². The molecule has 2 N–H and O–H groups in total. The van der Waals surface area contributed by atoms with Crippen molar-refractivity contribution in [2.45, 2.75) is 63.0 Å². The predicted octanol–water partition coefficient (Wildman–Crippen LogP) is 1.76. The van der Waals surface area contributed by atoms with Crippen LogP contribution < -0.4 is 5.32 Å². The molecule has 3 unspecified atom stereocenters. The minimum Gasteiger partial charge on any atom is -0.390 e. The molecule has 2 saturated heterocycles. The summed E-state index contributed by atoms with van der Waals surface area (Å²) in [7, 11) is 0. The van der Waals surface area contributed by atoms with Crippen molar-refractivity contribution in [1.82, 2.24) is 10.2 Å². The summed E-state index contributed by atoms with van der Waals surface area (Å²) in [5.74, 6) is 0.545. The van der Waals surface area contributed by atoms with Crippen LogP contribution in [0.25, 0.3) is 0 Å². The van der Waals surface area contributed by atoms with Crippen LogP contribution in [0.1, 0.15) is 51.4 Å².